The Bertz CT molecular complexity index is 1320. The van der Waals surface area contributed by atoms with E-state index in [1.807, 2.05) is 12.1 Å². The van der Waals surface area contributed by atoms with Crippen LogP contribution in [0.1, 0.15) is 10.5 Å². The van der Waals surface area contributed by atoms with Crippen molar-refractivity contribution < 1.29 is 9.53 Å². The van der Waals surface area contributed by atoms with E-state index in [4.69, 9.17) is 4.74 Å². The Morgan fingerprint density at radius 1 is 1.32 bits per heavy atom. The van der Waals surface area contributed by atoms with Crippen LogP contribution in [0.5, 0.6) is 5.75 Å². The van der Waals surface area contributed by atoms with Crippen molar-refractivity contribution in [3.05, 3.63) is 51.1 Å². The van der Waals surface area contributed by atoms with Crippen LogP contribution in [0.15, 0.2) is 34.1 Å². The molecule has 0 aliphatic rings. The van der Waals surface area contributed by atoms with Crippen molar-refractivity contribution in [2.45, 2.75) is 6.54 Å². The Balaban J connectivity index is 1.50. The maximum absolute atomic E-state index is 12.5. The summed E-state index contributed by atoms with van der Waals surface area (Å²) < 4.78 is 10.0. The van der Waals surface area contributed by atoms with Crippen LogP contribution in [0.25, 0.3) is 15.3 Å². The number of ether oxygens (including phenoxy) is 1. The zero-order valence-corrected chi connectivity index (χ0v) is 16.7. The second-order valence-electron chi connectivity index (χ2n) is 5.90. The molecule has 0 atom stereocenters. The Kier molecular flexibility index (Phi) is 4.57. The number of amides is 1. The van der Waals surface area contributed by atoms with Gasteiger partial charge < -0.3 is 0 Å². The van der Waals surface area contributed by atoms with Gasteiger partial charge in [-0.05, 0) is 0 Å². The summed E-state index contributed by atoms with van der Waals surface area (Å²) in [5.74, 6) is 0.153. The van der Waals surface area contributed by atoms with Crippen molar-refractivity contribution >= 4 is 35.9 Å². The van der Waals surface area contributed by atoms with Gasteiger partial charge in [0.1, 0.15) is 0 Å². The predicted molar refractivity (Wildman–Crippen MR) is 100 cm³/mol. The summed E-state index contributed by atoms with van der Waals surface area (Å²) in [7, 11) is 3.01. The number of carbonyl (C=O) groups excluding carboxylic acids is 1. The molecule has 28 heavy (non-hydrogen) atoms. The number of hydrogen-bond acceptors (Lipinski definition) is 7. The molecule has 1 amide bonds. The molecule has 0 saturated carbocycles. The fourth-order valence-electron chi connectivity index (χ4n) is 2.72. The Morgan fingerprint density at radius 2 is 2.14 bits per heavy atom. The first kappa shape index (κ1) is 18.1. The van der Waals surface area contributed by atoms with E-state index in [9.17, 15) is 14.4 Å². The third-order valence-electron chi connectivity index (χ3n) is 4.17. The standard InChI is InChI=1S/C16H15N7O4Se/c1-21-16(26)22-8-18-12(13(22)19-20-21)14(24)17-5-6-23-15(25)10-7-9(27-2)3-4-11(10)28-23/h3-4,7-8H,5-6H2,1-2H3,(H,17,24). The molecule has 12 heteroatoms. The van der Waals surface area contributed by atoms with E-state index in [1.165, 1.54) is 13.4 Å². The van der Waals surface area contributed by atoms with Crippen molar-refractivity contribution in [1.29, 1.82) is 0 Å². The Morgan fingerprint density at radius 3 is 2.93 bits per heavy atom. The SMILES string of the molecule is COc1ccc2[se]n(CCNC(=O)c3ncn4c(=O)n(C)nnc34)c(=O)c2c1. The predicted octanol–water partition coefficient (Wildman–Crippen LogP) is -1.37. The van der Waals surface area contributed by atoms with Crippen LogP contribution in [0, 0.1) is 0 Å². The quantitative estimate of drug-likeness (QED) is 0.374. The van der Waals surface area contributed by atoms with E-state index in [0.29, 0.717) is 17.7 Å². The fourth-order valence-corrected chi connectivity index (χ4v) is 4.77. The fraction of sp³-hybridized carbons (Fsp3) is 0.250. The molecule has 1 aromatic carbocycles. The molecule has 0 fully saturated rings. The molecular weight excluding hydrogens is 433 g/mol. The normalized spacial score (nSPS) is 11.2. The van der Waals surface area contributed by atoms with Crippen LogP contribution in [-0.4, -0.2) is 62.2 Å². The van der Waals surface area contributed by atoms with Gasteiger partial charge in [0.05, 0.1) is 0 Å². The minimum absolute atomic E-state index is 0.0106. The number of aryl methyl sites for hydroxylation is 1. The van der Waals surface area contributed by atoms with Crippen molar-refractivity contribution in [2.24, 2.45) is 7.05 Å². The summed E-state index contributed by atoms with van der Waals surface area (Å²) in [6.45, 7) is 0.607. The second kappa shape index (κ2) is 7.06. The topological polar surface area (TPSA) is 125 Å². The van der Waals surface area contributed by atoms with Crippen LogP contribution in [0.4, 0.5) is 0 Å². The van der Waals surface area contributed by atoms with Gasteiger partial charge in [-0.3, -0.25) is 0 Å². The molecule has 4 rings (SSSR count). The van der Waals surface area contributed by atoms with E-state index in [0.717, 1.165) is 13.3 Å². The van der Waals surface area contributed by atoms with Gasteiger partial charge in [0.25, 0.3) is 0 Å². The van der Waals surface area contributed by atoms with E-state index >= 15 is 0 Å². The summed E-state index contributed by atoms with van der Waals surface area (Å²) >= 11 is -0.151. The first-order valence-corrected chi connectivity index (χ1v) is 9.85. The molecule has 0 spiro atoms. The molecule has 11 nitrogen and oxygen atoms in total. The maximum atomic E-state index is 12.5. The molecule has 144 valence electrons. The Labute approximate surface area is 163 Å². The number of aromatic nitrogens is 6. The van der Waals surface area contributed by atoms with E-state index < -0.39 is 11.6 Å². The number of methoxy groups -OCH3 is 1. The van der Waals surface area contributed by atoms with Crippen LogP contribution in [0.3, 0.4) is 0 Å². The molecule has 0 saturated heterocycles. The van der Waals surface area contributed by atoms with Crippen molar-refractivity contribution in [3.8, 4) is 5.75 Å². The number of fused-ring (bicyclic) bond motifs is 2. The van der Waals surface area contributed by atoms with Crippen LogP contribution >= 0.6 is 0 Å². The number of imidazole rings is 1. The zero-order valence-electron chi connectivity index (χ0n) is 14.9. The summed E-state index contributed by atoms with van der Waals surface area (Å²) in [6.07, 6.45) is 1.23. The van der Waals surface area contributed by atoms with Crippen molar-refractivity contribution in [1.82, 2.24) is 33.3 Å². The number of benzene rings is 1. The van der Waals surface area contributed by atoms with Gasteiger partial charge in [-0.15, -0.1) is 0 Å². The van der Waals surface area contributed by atoms with Crippen molar-refractivity contribution in [2.75, 3.05) is 13.7 Å². The molecule has 4 aromatic rings. The molecular formula is C16H15N7O4Se. The van der Waals surface area contributed by atoms with Crippen LogP contribution in [-0.2, 0) is 13.6 Å². The zero-order chi connectivity index (χ0) is 19.8. The summed E-state index contributed by atoms with van der Waals surface area (Å²) in [4.78, 5) is 40.8. The van der Waals surface area contributed by atoms with Gasteiger partial charge in [0.15, 0.2) is 0 Å². The van der Waals surface area contributed by atoms with E-state index in [2.05, 4.69) is 20.6 Å². The molecule has 3 aromatic heterocycles. The molecule has 0 bridgehead atoms. The van der Waals surface area contributed by atoms with Gasteiger partial charge in [0, 0.05) is 0 Å². The minimum atomic E-state index is -0.483. The first-order valence-electron chi connectivity index (χ1n) is 8.22. The third kappa shape index (κ3) is 3.02. The first-order chi connectivity index (χ1) is 13.5. The number of hydrogen-bond donors (Lipinski definition) is 1. The molecule has 0 radical (unpaired) electrons. The van der Waals surface area contributed by atoms with Gasteiger partial charge in [-0.25, -0.2) is 0 Å². The number of nitrogens with zero attached hydrogens (tertiary/aromatic N) is 6. The van der Waals surface area contributed by atoms with Gasteiger partial charge in [-0.2, -0.15) is 0 Å². The van der Waals surface area contributed by atoms with Gasteiger partial charge >= 0.3 is 163 Å². The molecule has 0 aliphatic heterocycles. The molecule has 0 aliphatic carbocycles. The summed E-state index contributed by atoms with van der Waals surface area (Å²) in [5.41, 5.74) is -0.432. The van der Waals surface area contributed by atoms with Crippen LogP contribution in [0.2, 0.25) is 0 Å². The number of rotatable bonds is 5. The van der Waals surface area contributed by atoms with Crippen LogP contribution < -0.4 is 21.3 Å². The summed E-state index contributed by atoms with van der Waals surface area (Å²) in [6, 6.07) is 5.45. The monoisotopic (exact) mass is 449 g/mol. The van der Waals surface area contributed by atoms with Gasteiger partial charge in [-0.1, -0.05) is 0 Å². The number of nitrogens with one attached hydrogen (secondary N) is 1. The number of carbonyl (C=O) groups is 1. The average Bonchev–Trinajstić information content (AvgIpc) is 3.26. The second-order valence-corrected chi connectivity index (χ2v) is 8.13. The molecule has 0 unspecified atom stereocenters. The Hall–Kier alpha value is -3.24. The average molecular weight is 448 g/mol. The van der Waals surface area contributed by atoms with E-state index in [1.54, 1.807) is 16.7 Å². The molecule has 1 N–H and O–H groups in total. The van der Waals surface area contributed by atoms with Crippen molar-refractivity contribution in [3.63, 3.8) is 0 Å². The molecule has 3 heterocycles. The van der Waals surface area contributed by atoms with Gasteiger partial charge in [0.2, 0.25) is 0 Å². The summed E-state index contributed by atoms with van der Waals surface area (Å²) in [5, 5.41) is 10.9. The third-order valence-corrected chi connectivity index (χ3v) is 6.52. The van der Waals surface area contributed by atoms with E-state index in [-0.39, 0.29) is 38.2 Å².